The van der Waals surface area contributed by atoms with Gasteiger partial charge in [-0.05, 0) is 36.2 Å². The molecule has 140 valence electrons. The predicted octanol–water partition coefficient (Wildman–Crippen LogP) is 3.50. The Morgan fingerprint density at radius 2 is 1.93 bits per heavy atom. The third-order valence-electron chi connectivity index (χ3n) is 5.00. The second kappa shape index (κ2) is 7.56. The van der Waals surface area contributed by atoms with Gasteiger partial charge in [0.2, 0.25) is 5.91 Å². The highest BCUT2D eigenvalue weighted by atomic mass is 32.1. The highest BCUT2D eigenvalue weighted by Gasteiger charge is 2.23. The fourth-order valence-corrected chi connectivity index (χ4v) is 4.50. The summed E-state index contributed by atoms with van der Waals surface area (Å²) in [5.74, 6) is 1.04. The van der Waals surface area contributed by atoms with Crippen LogP contribution in [0.3, 0.4) is 0 Å². The van der Waals surface area contributed by atoms with Gasteiger partial charge in [0.05, 0.1) is 23.7 Å². The maximum Gasteiger partial charge on any atom is 0.227 e. The van der Waals surface area contributed by atoms with Crippen LogP contribution in [-0.2, 0) is 11.2 Å². The molecule has 0 aliphatic carbocycles. The van der Waals surface area contributed by atoms with Gasteiger partial charge in [0.1, 0.15) is 5.75 Å². The standard InChI is InChI=1S/C21H23N3O2S/c1-15-13-16(7-8-18(15)26-2)14-20(25)23-9-11-24(12-10-23)21-22-17-5-3-4-6-19(17)27-21/h3-8,13H,9-12,14H2,1-2H3. The number of nitrogens with zero attached hydrogens (tertiary/aromatic N) is 3. The first-order valence-electron chi connectivity index (χ1n) is 9.16. The molecule has 0 unspecified atom stereocenters. The van der Waals surface area contributed by atoms with Crippen LogP contribution in [0.4, 0.5) is 5.13 Å². The maximum absolute atomic E-state index is 12.7. The fraction of sp³-hybridized carbons (Fsp3) is 0.333. The highest BCUT2D eigenvalue weighted by molar-refractivity contribution is 7.22. The lowest BCUT2D eigenvalue weighted by atomic mass is 10.1. The van der Waals surface area contributed by atoms with E-state index in [1.165, 1.54) is 4.70 Å². The molecule has 1 saturated heterocycles. The summed E-state index contributed by atoms with van der Waals surface area (Å²) in [4.78, 5) is 21.7. The van der Waals surface area contributed by atoms with Crippen LogP contribution in [-0.4, -0.2) is 49.1 Å². The van der Waals surface area contributed by atoms with E-state index in [0.717, 1.165) is 53.7 Å². The highest BCUT2D eigenvalue weighted by Crippen LogP contribution is 2.29. The van der Waals surface area contributed by atoms with Crippen molar-refractivity contribution in [2.45, 2.75) is 13.3 Å². The smallest absolute Gasteiger partial charge is 0.227 e. The van der Waals surface area contributed by atoms with E-state index in [1.54, 1.807) is 18.4 Å². The van der Waals surface area contributed by atoms with Gasteiger partial charge in [0.25, 0.3) is 0 Å². The minimum atomic E-state index is 0.184. The molecule has 1 fully saturated rings. The molecule has 4 rings (SSSR count). The first-order chi connectivity index (χ1) is 13.1. The Balaban J connectivity index is 1.37. The van der Waals surface area contributed by atoms with Gasteiger partial charge in [-0.15, -0.1) is 0 Å². The summed E-state index contributed by atoms with van der Waals surface area (Å²) in [5.41, 5.74) is 3.14. The maximum atomic E-state index is 12.7. The van der Waals surface area contributed by atoms with Crippen molar-refractivity contribution in [3.05, 3.63) is 53.6 Å². The molecule has 5 nitrogen and oxygen atoms in total. The van der Waals surface area contributed by atoms with Crippen molar-refractivity contribution in [3.8, 4) is 5.75 Å². The number of aromatic nitrogens is 1. The second-order valence-electron chi connectivity index (χ2n) is 6.81. The number of anilines is 1. The minimum Gasteiger partial charge on any atom is -0.496 e. The lowest BCUT2D eigenvalue weighted by Crippen LogP contribution is -2.49. The van der Waals surface area contributed by atoms with E-state index in [1.807, 2.05) is 48.2 Å². The molecule has 0 N–H and O–H groups in total. The number of hydrogen-bond donors (Lipinski definition) is 0. The van der Waals surface area contributed by atoms with E-state index in [0.29, 0.717) is 6.42 Å². The van der Waals surface area contributed by atoms with Gasteiger partial charge >= 0.3 is 0 Å². The number of methoxy groups -OCH3 is 1. The van der Waals surface area contributed by atoms with Gasteiger partial charge in [0, 0.05) is 26.2 Å². The zero-order chi connectivity index (χ0) is 18.8. The SMILES string of the molecule is COc1ccc(CC(=O)N2CCN(c3nc4ccccc4s3)CC2)cc1C. The predicted molar refractivity (Wildman–Crippen MR) is 110 cm³/mol. The molecule has 1 aliphatic heterocycles. The topological polar surface area (TPSA) is 45.7 Å². The molecule has 0 saturated carbocycles. The molecule has 0 atom stereocenters. The van der Waals surface area contributed by atoms with E-state index in [-0.39, 0.29) is 5.91 Å². The Morgan fingerprint density at radius 1 is 1.15 bits per heavy atom. The summed E-state index contributed by atoms with van der Waals surface area (Å²) >= 11 is 1.72. The zero-order valence-electron chi connectivity index (χ0n) is 15.6. The van der Waals surface area contributed by atoms with Crippen molar-refractivity contribution in [1.29, 1.82) is 0 Å². The Bertz CT molecular complexity index is 928. The molecule has 1 aromatic heterocycles. The molecule has 2 heterocycles. The number of carbonyl (C=O) groups excluding carboxylic acids is 1. The summed E-state index contributed by atoms with van der Waals surface area (Å²) < 4.78 is 6.50. The van der Waals surface area contributed by atoms with Crippen LogP contribution in [0.15, 0.2) is 42.5 Å². The molecule has 1 amide bonds. The second-order valence-corrected chi connectivity index (χ2v) is 7.82. The van der Waals surface area contributed by atoms with Gasteiger partial charge < -0.3 is 14.5 Å². The van der Waals surface area contributed by atoms with Crippen LogP contribution in [0, 0.1) is 6.92 Å². The van der Waals surface area contributed by atoms with Crippen molar-refractivity contribution in [1.82, 2.24) is 9.88 Å². The van der Waals surface area contributed by atoms with E-state index in [2.05, 4.69) is 11.0 Å². The summed E-state index contributed by atoms with van der Waals surface area (Å²) in [5, 5.41) is 1.05. The largest absolute Gasteiger partial charge is 0.496 e. The number of hydrogen-bond acceptors (Lipinski definition) is 5. The van der Waals surface area contributed by atoms with Crippen molar-refractivity contribution in [3.63, 3.8) is 0 Å². The lowest BCUT2D eigenvalue weighted by Gasteiger charge is -2.34. The first-order valence-corrected chi connectivity index (χ1v) is 9.97. The van der Waals surface area contributed by atoms with Crippen molar-refractivity contribution < 1.29 is 9.53 Å². The molecule has 3 aromatic rings. The monoisotopic (exact) mass is 381 g/mol. The van der Waals surface area contributed by atoms with E-state index >= 15 is 0 Å². The molecular weight excluding hydrogens is 358 g/mol. The number of aryl methyl sites for hydroxylation is 1. The van der Waals surface area contributed by atoms with Gasteiger partial charge in [-0.25, -0.2) is 4.98 Å². The van der Waals surface area contributed by atoms with Crippen LogP contribution in [0.5, 0.6) is 5.75 Å². The average molecular weight is 382 g/mol. The van der Waals surface area contributed by atoms with Crippen LogP contribution in [0.25, 0.3) is 10.2 Å². The summed E-state index contributed by atoms with van der Waals surface area (Å²) in [7, 11) is 1.66. The Labute approximate surface area is 163 Å². The molecule has 6 heteroatoms. The Kier molecular flexibility index (Phi) is 4.99. The first kappa shape index (κ1) is 17.8. The van der Waals surface area contributed by atoms with Gasteiger partial charge in [-0.2, -0.15) is 0 Å². The molecule has 0 spiro atoms. The van der Waals surface area contributed by atoms with Crippen LogP contribution in [0.2, 0.25) is 0 Å². The van der Waals surface area contributed by atoms with Gasteiger partial charge in [-0.1, -0.05) is 35.6 Å². The lowest BCUT2D eigenvalue weighted by molar-refractivity contribution is -0.130. The fourth-order valence-electron chi connectivity index (χ4n) is 3.48. The van der Waals surface area contributed by atoms with E-state index < -0.39 is 0 Å². The summed E-state index contributed by atoms with van der Waals surface area (Å²) in [6, 6.07) is 14.2. The normalized spacial score (nSPS) is 14.6. The van der Waals surface area contributed by atoms with Crippen molar-refractivity contribution >= 4 is 32.6 Å². The van der Waals surface area contributed by atoms with Gasteiger partial charge in [-0.3, -0.25) is 4.79 Å². The molecule has 0 bridgehead atoms. The Hall–Kier alpha value is -2.60. The number of amides is 1. The minimum absolute atomic E-state index is 0.184. The number of benzene rings is 2. The Morgan fingerprint density at radius 3 is 2.63 bits per heavy atom. The van der Waals surface area contributed by atoms with Crippen molar-refractivity contribution in [2.24, 2.45) is 0 Å². The van der Waals surface area contributed by atoms with Crippen LogP contribution >= 0.6 is 11.3 Å². The molecule has 2 aromatic carbocycles. The van der Waals surface area contributed by atoms with E-state index in [4.69, 9.17) is 9.72 Å². The number of carbonyl (C=O) groups is 1. The van der Waals surface area contributed by atoms with Crippen molar-refractivity contribution in [2.75, 3.05) is 38.2 Å². The summed E-state index contributed by atoms with van der Waals surface area (Å²) in [6.45, 7) is 5.14. The quantitative estimate of drug-likeness (QED) is 0.694. The van der Waals surface area contributed by atoms with E-state index in [9.17, 15) is 4.79 Å². The number of ether oxygens (including phenoxy) is 1. The number of rotatable bonds is 4. The number of fused-ring (bicyclic) bond motifs is 1. The summed E-state index contributed by atoms with van der Waals surface area (Å²) in [6.07, 6.45) is 0.436. The molecule has 0 radical (unpaired) electrons. The average Bonchev–Trinajstić information content (AvgIpc) is 3.12. The zero-order valence-corrected chi connectivity index (χ0v) is 16.5. The third-order valence-corrected chi connectivity index (χ3v) is 6.10. The van der Waals surface area contributed by atoms with Crippen LogP contribution < -0.4 is 9.64 Å². The molecule has 27 heavy (non-hydrogen) atoms. The third kappa shape index (κ3) is 3.76. The number of thiazole rings is 1. The molecule has 1 aliphatic rings. The number of para-hydroxylation sites is 1. The van der Waals surface area contributed by atoms with Crippen LogP contribution in [0.1, 0.15) is 11.1 Å². The molecular formula is C21H23N3O2S. The number of piperazine rings is 1. The van der Waals surface area contributed by atoms with Gasteiger partial charge in [0.15, 0.2) is 5.13 Å².